The number of benzene rings is 1. The normalized spacial score (nSPS) is 10.4. The molecular formula is C24H34O10S. The number of carbonyl (C=O) groups excluding carboxylic acids is 3. The smallest absolute Gasteiger partial charge is 0.336 e. The Hall–Kier alpha value is -3.44. The van der Waals surface area contributed by atoms with Gasteiger partial charge in [0.25, 0.3) is 10.1 Å². The largest absolute Gasteiger partial charge is 0.515 e. The van der Waals surface area contributed by atoms with Gasteiger partial charge in [-0.3, -0.25) is 4.18 Å². The molecule has 0 heterocycles. The van der Waals surface area contributed by atoms with Gasteiger partial charge in [0.15, 0.2) is 0 Å². The van der Waals surface area contributed by atoms with E-state index in [-0.39, 0.29) is 29.7 Å². The van der Waals surface area contributed by atoms with Gasteiger partial charge in [-0.25, -0.2) is 14.4 Å². The standard InChI is InChI=1S/C12H14O5S.C7H12O3.C5H8O2/c1-3-12(13)16-8-9-17-18(14,15)11-6-4-10(2)5-7-11;1-3-4-10-7(9)6(2)5-8;1-4(2)5(6)7-3/h3-7H,1,8-9H2,2H3;5,8H,3-4H2,1-2H3;1H2,2-3H3. The monoisotopic (exact) mass is 514 g/mol. The van der Waals surface area contributed by atoms with Crippen LogP contribution in [-0.4, -0.2) is 58.4 Å². The third kappa shape index (κ3) is 16.8. The molecule has 1 aromatic carbocycles. The molecule has 0 radical (unpaired) electrons. The fourth-order valence-corrected chi connectivity index (χ4v) is 2.55. The zero-order valence-electron chi connectivity index (χ0n) is 20.7. The summed E-state index contributed by atoms with van der Waals surface area (Å²) < 4.78 is 41.6. The zero-order valence-corrected chi connectivity index (χ0v) is 21.6. The molecule has 0 spiro atoms. The van der Waals surface area contributed by atoms with Gasteiger partial charge in [-0.2, -0.15) is 8.42 Å². The molecule has 11 heteroatoms. The predicted octanol–water partition coefficient (Wildman–Crippen LogP) is 3.57. The molecule has 0 unspecified atom stereocenters. The average molecular weight is 515 g/mol. The molecule has 1 aromatic rings. The van der Waals surface area contributed by atoms with Crippen molar-refractivity contribution in [1.29, 1.82) is 0 Å². The molecule has 0 aromatic heterocycles. The highest BCUT2D eigenvalue weighted by atomic mass is 32.2. The third-order valence-corrected chi connectivity index (χ3v) is 4.86. The highest BCUT2D eigenvalue weighted by molar-refractivity contribution is 7.86. The lowest BCUT2D eigenvalue weighted by molar-refractivity contribution is -0.139. The van der Waals surface area contributed by atoms with Crippen LogP contribution in [0.2, 0.25) is 0 Å². The molecule has 196 valence electrons. The van der Waals surface area contributed by atoms with Crippen LogP contribution in [0, 0.1) is 6.92 Å². The summed E-state index contributed by atoms with van der Waals surface area (Å²) in [4.78, 5) is 31.6. The summed E-state index contributed by atoms with van der Waals surface area (Å²) in [6.45, 7) is 13.5. The number of aryl methyl sites for hydroxylation is 1. The zero-order chi connectivity index (χ0) is 27.4. The van der Waals surface area contributed by atoms with Crippen molar-refractivity contribution in [1.82, 2.24) is 0 Å². The molecule has 35 heavy (non-hydrogen) atoms. The Balaban J connectivity index is 0. The number of aliphatic hydroxyl groups is 1. The number of hydrogen-bond acceptors (Lipinski definition) is 10. The highest BCUT2D eigenvalue weighted by Crippen LogP contribution is 2.12. The second kappa shape index (κ2) is 18.9. The van der Waals surface area contributed by atoms with Gasteiger partial charge >= 0.3 is 17.9 Å². The number of methoxy groups -OCH3 is 1. The number of hydrogen-bond donors (Lipinski definition) is 1. The van der Waals surface area contributed by atoms with Gasteiger partial charge in [-0.15, -0.1) is 0 Å². The van der Waals surface area contributed by atoms with Gasteiger partial charge in [0, 0.05) is 11.6 Å². The topological polar surface area (TPSA) is 142 Å². The van der Waals surface area contributed by atoms with E-state index in [2.05, 4.69) is 27.4 Å². The molecule has 0 atom stereocenters. The SMILES string of the molecule is C=C(C)C(=O)OC.C=CC(=O)OCCOS(=O)(=O)c1ccc(C)cc1.CCCOC(=O)C(C)=CO. The van der Waals surface area contributed by atoms with Crippen molar-refractivity contribution in [3.63, 3.8) is 0 Å². The van der Waals surface area contributed by atoms with Crippen LogP contribution in [-0.2, 0) is 42.9 Å². The lowest BCUT2D eigenvalue weighted by Gasteiger charge is -2.06. The van der Waals surface area contributed by atoms with Crippen LogP contribution in [0.15, 0.2) is 65.8 Å². The Morgan fingerprint density at radius 1 is 1.00 bits per heavy atom. The Morgan fingerprint density at radius 2 is 1.57 bits per heavy atom. The minimum Gasteiger partial charge on any atom is -0.515 e. The first-order chi connectivity index (χ1) is 16.4. The molecule has 0 aliphatic carbocycles. The van der Waals surface area contributed by atoms with Crippen molar-refractivity contribution in [2.45, 2.75) is 39.0 Å². The van der Waals surface area contributed by atoms with E-state index >= 15 is 0 Å². The maximum absolute atomic E-state index is 11.7. The number of ether oxygens (including phenoxy) is 3. The fraction of sp³-hybridized carbons (Fsp3) is 0.375. The summed E-state index contributed by atoms with van der Waals surface area (Å²) in [5, 5.41) is 8.34. The van der Waals surface area contributed by atoms with Gasteiger partial charge in [0.05, 0.1) is 30.4 Å². The first kappa shape index (κ1) is 33.7. The molecule has 0 aliphatic rings. The van der Waals surface area contributed by atoms with Crippen LogP contribution in [0.4, 0.5) is 0 Å². The summed E-state index contributed by atoms with van der Waals surface area (Å²) in [5.41, 5.74) is 1.62. The van der Waals surface area contributed by atoms with Crippen LogP contribution in [0.25, 0.3) is 0 Å². The first-order valence-corrected chi connectivity index (χ1v) is 11.7. The number of rotatable bonds is 10. The van der Waals surface area contributed by atoms with E-state index in [0.29, 0.717) is 12.2 Å². The summed E-state index contributed by atoms with van der Waals surface area (Å²) in [6.07, 6.45) is 2.54. The van der Waals surface area contributed by atoms with Gasteiger partial charge in [0.1, 0.15) is 13.2 Å². The molecule has 10 nitrogen and oxygen atoms in total. The number of esters is 3. The van der Waals surface area contributed by atoms with E-state index < -0.39 is 22.1 Å². The minimum absolute atomic E-state index is 0.0724. The second-order valence-electron chi connectivity index (χ2n) is 6.68. The van der Waals surface area contributed by atoms with Crippen molar-refractivity contribution < 1.29 is 46.3 Å². The van der Waals surface area contributed by atoms with Gasteiger partial charge in [0.2, 0.25) is 0 Å². The van der Waals surface area contributed by atoms with Gasteiger partial charge in [-0.1, -0.05) is 37.8 Å². The van der Waals surface area contributed by atoms with Crippen molar-refractivity contribution >= 4 is 28.0 Å². The van der Waals surface area contributed by atoms with E-state index in [1.165, 1.54) is 26.2 Å². The van der Waals surface area contributed by atoms with Crippen molar-refractivity contribution in [2.24, 2.45) is 0 Å². The van der Waals surface area contributed by atoms with E-state index in [1.54, 1.807) is 19.1 Å². The van der Waals surface area contributed by atoms with E-state index in [0.717, 1.165) is 24.3 Å². The number of aliphatic hydroxyl groups excluding tert-OH is 1. The fourth-order valence-electron chi connectivity index (χ4n) is 1.65. The molecule has 1 rings (SSSR count). The van der Waals surface area contributed by atoms with Crippen LogP contribution < -0.4 is 0 Å². The molecule has 0 saturated carbocycles. The summed E-state index contributed by atoms with van der Waals surface area (Å²) in [6, 6.07) is 6.27. The predicted molar refractivity (Wildman–Crippen MR) is 130 cm³/mol. The second-order valence-corrected chi connectivity index (χ2v) is 8.30. The van der Waals surface area contributed by atoms with Gasteiger partial charge < -0.3 is 19.3 Å². The third-order valence-electron chi connectivity index (χ3n) is 3.53. The van der Waals surface area contributed by atoms with E-state index in [1.807, 2.05) is 13.8 Å². The highest BCUT2D eigenvalue weighted by Gasteiger charge is 2.14. The van der Waals surface area contributed by atoms with Crippen molar-refractivity contribution in [3.05, 3.63) is 66.5 Å². The molecule has 0 saturated heterocycles. The molecular weight excluding hydrogens is 480 g/mol. The van der Waals surface area contributed by atoms with Gasteiger partial charge in [-0.05, 0) is 39.3 Å². The Bertz CT molecular complexity index is 961. The van der Waals surface area contributed by atoms with E-state index in [4.69, 9.17) is 9.29 Å². The maximum atomic E-state index is 11.7. The van der Waals surface area contributed by atoms with Crippen LogP contribution in [0.3, 0.4) is 0 Å². The van der Waals surface area contributed by atoms with E-state index in [9.17, 15) is 22.8 Å². The Kier molecular flexibility index (Phi) is 18.2. The minimum atomic E-state index is -3.80. The summed E-state index contributed by atoms with van der Waals surface area (Å²) >= 11 is 0. The lowest BCUT2D eigenvalue weighted by Crippen LogP contribution is -2.13. The molecule has 0 amide bonds. The average Bonchev–Trinajstić information content (AvgIpc) is 2.84. The summed E-state index contributed by atoms with van der Waals surface area (Å²) in [5.74, 6) is -1.42. The van der Waals surface area contributed by atoms with Crippen LogP contribution in [0.1, 0.15) is 32.8 Å². The quantitative estimate of drug-likeness (QED) is 0.123. The first-order valence-electron chi connectivity index (χ1n) is 10.3. The van der Waals surface area contributed by atoms with Crippen molar-refractivity contribution in [3.8, 4) is 0 Å². The molecule has 1 N–H and O–H groups in total. The lowest BCUT2D eigenvalue weighted by atomic mass is 10.2. The van der Waals surface area contributed by atoms with Crippen molar-refractivity contribution in [2.75, 3.05) is 26.9 Å². The number of carbonyl (C=O) groups is 3. The maximum Gasteiger partial charge on any atom is 0.336 e. The molecule has 0 aliphatic heterocycles. The Labute approximate surface area is 207 Å². The molecule has 0 bridgehead atoms. The van der Waals surface area contributed by atoms with Crippen LogP contribution >= 0.6 is 0 Å². The Morgan fingerprint density at radius 3 is 1.97 bits per heavy atom. The molecule has 0 fully saturated rings. The summed E-state index contributed by atoms with van der Waals surface area (Å²) in [7, 11) is -2.47. The van der Waals surface area contributed by atoms with Crippen LogP contribution in [0.5, 0.6) is 0 Å².